The molecule has 0 aliphatic rings. The van der Waals surface area contributed by atoms with Crippen molar-refractivity contribution in [2.24, 2.45) is 0 Å². The van der Waals surface area contributed by atoms with E-state index in [1.165, 1.54) is 12.1 Å². The molecule has 0 aliphatic heterocycles. The van der Waals surface area contributed by atoms with Crippen LogP contribution < -0.4 is 4.74 Å². The Hall–Kier alpha value is -1.94. The Kier molecular flexibility index (Phi) is 3.89. The van der Waals surface area contributed by atoms with Crippen molar-refractivity contribution >= 4 is 0 Å². The van der Waals surface area contributed by atoms with E-state index in [1.807, 2.05) is 0 Å². The highest BCUT2D eigenvalue weighted by Crippen LogP contribution is 2.16. The summed E-state index contributed by atoms with van der Waals surface area (Å²) in [6, 6.07) is 10.2. The van der Waals surface area contributed by atoms with Crippen LogP contribution in [0.2, 0.25) is 0 Å². The van der Waals surface area contributed by atoms with E-state index in [4.69, 9.17) is 9.84 Å². The summed E-state index contributed by atoms with van der Waals surface area (Å²) >= 11 is 0. The highest BCUT2D eigenvalue weighted by Gasteiger charge is 2.02. The number of aliphatic hydroxyl groups is 1. The van der Waals surface area contributed by atoms with Crippen LogP contribution in [-0.4, -0.2) is 5.11 Å². The van der Waals surface area contributed by atoms with Gasteiger partial charge in [-0.05, 0) is 35.4 Å². The van der Waals surface area contributed by atoms with Crippen LogP contribution in [0.3, 0.4) is 0 Å². The topological polar surface area (TPSA) is 29.5 Å². The first-order valence-corrected chi connectivity index (χ1v) is 5.45. The first kappa shape index (κ1) is 12.5. The van der Waals surface area contributed by atoms with Crippen molar-refractivity contribution in [3.05, 3.63) is 65.2 Å². The summed E-state index contributed by atoms with van der Waals surface area (Å²) in [5, 5.41) is 8.97. The van der Waals surface area contributed by atoms with Gasteiger partial charge < -0.3 is 9.84 Å². The average molecular weight is 250 g/mol. The first-order valence-electron chi connectivity index (χ1n) is 5.45. The van der Waals surface area contributed by atoms with Gasteiger partial charge in [-0.25, -0.2) is 8.78 Å². The lowest BCUT2D eigenvalue weighted by molar-refractivity contribution is 0.278. The monoisotopic (exact) mass is 250 g/mol. The molecule has 0 radical (unpaired) electrons. The van der Waals surface area contributed by atoms with Gasteiger partial charge in [0, 0.05) is 6.07 Å². The molecule has 0 fully saturated rings. The van der Waals surface area contributed by atoms with Crippen LogP contribution in [-0.2, 0) is 13.2 Å². The van der Waals surface area contributed by atoms with Gasteiger partial charge in [0.2, 0.25) is 0 Å². The normalized spacial score (nSPS) is 10.4. The third kappa shape index (κ3) is 3.28. The first-order chi connectivity index (χ1) is 8.67. The second-order valence-corrected chi connectivity index (χ2v) is 3.87. The Morgan fingerprint density at radius 1 is 0.944 bits per heavy atom. The van der Waals surface area contributed by atoms with E-state index in [-0.39, 0.29) is 13.2 Å². The predicted octanol–water partition coefficient (Wildman–Crippen LogP) is 3.04. The molecule has 2 rings (SSSR count). The Labute approximate surface area is 103 Å². The van der Waals surface area contributed by atoms with E-state index < -0.39 is 11.6 Å². The van der Waals surface area contributed by atoms with E-state index in [1.54, 1.807) is 24.3 Å². The van der Waals surface area contributed by atoms with Crippen LogP contribution in [0, 0.1) is 11.6 Å². The molecular weight excluding hydrogens is 238 g/mol. The van der Waals surface area contributed by atoms with Crippen molar-refractivity contribution in [1.82, 2.24) is 0 Å². The number of hydrogen-bond acceptors (Lipinski definition) is 2. The van der Waals surface area contributed by atoms with Crippen LogP contribution in [0.25, 0.3) is 0 Å². The standard InChI is InChI=1S/C14H12F2O2/c15-12-4-11(5-13(16)7-12)9-18-14-3-1-2-10(6-14)8-17/h1-7,17H,8-9H2. The number of halogens is 2. The van der Waals surface area contributed by atoms with Crippen molar-refractivity contribution in [2.45, 2.75) is 13.2 Å². The molecule has 18 heavy (non-hydrogen) atoms. The minimum absolute atomic E-state index is 0.0730. The molecule has 0 amide bonds. The molecule has 0 saturated heterocycles. The molecule has 0 unspecified atom stereocenters. The second kappa shape index (κ2) is 5.60. The van der Waals surface area contributed by atoms with Crippen molar-refractivity contribution in [2.75, 3.05) is 0 Å². The van der Waals surface area contributed by atoms with Gasteiger partial charge in [0.15, 0.2) is 0 Å². The summed E-state index contributed by atoms with van der Waals surface area (Å²) in [4.78, 5) is 0. The fourth-order valence-electron chi connectivity index (χ4n) is 1.59. The molecule has 2 aromatic carbocycles. The molecule has 94 valence electrons. The third-order valence-electron chi connectivity index (χ3n) is 2.41. The minimum atomic E-state index is -0.627. The van der Waals surface area contributed by atoms with Gasteiger partial charge >= 0.3 is 0 Å². The van der Waals surface area contributed by atoms with E-state index in [9.17, 15) is 8.78 Å². The van der Waals surface area contributed by atoms with E-state index in [2.05, 4.69) is 0 Å². The molecule has 1 N–H and O–H groups in total. The molecule has 0 heterocycles. The minimum Gasteiger partial charge on any atom is -0.489 e. The zero-order valence-electron chi connectivity index (χ0n) is 9.57. The lowest BCUT2D eigenvalue weighted by Gasteiger charge is -2.07. The van der Waals surface area contributed by atoms with Gasteiger partial charge in [0.1, 0.15) is 24.0 Å². The summed E-state index contributed by atoms with van der Waals surface area (Å²) in [5.41, 5.74) is 1.14. The van der Waals surface area contributed by atoms with Crippen molar-refractivity contribution in [1.29, 1.82) is 0 Å². The van der Waals surface area contributed by atoms with Crippen molar-refractivity contribution < 1.29 is 18.6 Å². The zero-order chi connectivity index (χ0) is 13.0. The molecule has 0 aromatic heterocycles. The maximum Gasteiger partial charge on any atom is 0.126 e. The molecule has 0 bridgehead atoms. The maximum atomic E-state index is 12.9. The highest BCUT2D eigenvalue weighted by molar-refractivity contribution is 5.28. The van der Waals surface area contributed by atoms with Crippen LogP contribution in [0.4, 0.5) is 8.78 Å². The molecule has 2 nitrogen and oxygen atoms in total. The van der Waals surface area contributed by atoms with Crippen LogP contribution in [0.5, 0.6) is 5.75 Å². The molecule has 0 atom stereocenters. The van der Waals surface area contributed by atoms with Gasteiger partial charge in [0.05, 0.1) is 6.61 Å². The number of hydrogen-bond donors (Lipinski definition) is 1. The fourth-order valence-corrected chi connectivity index (χ4v) is 1.59. The third-order valence-corrected chi connectivity index (χ3v) is 2.41. The number of benzene rings is 2. The molecule has 0 saturated carbocycles. The number of rotatable bonds is 4. The Bertz CT molecular complexity index is 521. The fraction of sp³-hybridized carbons (Fsp3) is 0.143. The quantitative estimate of drug-likeness (QED) is 0.903. The lowest BCUT2D eigenvalue weighted by Crippen LogP contribution is -1.97. The summed E-state index contributed by atoms with van der Waals surface area (Å²) in [6.07, 6.45) is 0. The van der Waals surface area contributed by atoms with E-state index in [0.29, 0.717) is 11.3 Å². The summed E-state index contributed by atoms with van der Waals surface area (Å²) in [5.74, 6) is -0.707. The zero-order valence-corrected chi connectivity index (χ0v) is 9.57. The lowest BCUT2D eigenvalue weighted by atomic mass is 10.2. The second-order valence-electron chi connectivity index (χ2n) is 3.87. The average Bonchev–Trinajstić information content (AvgIpc) is 2.35. The molecular formula is C14H12F2O2. The smallest absolute Gasteiger partial charge is 0.126 e. The van der Waals surface area contributed by atoms with E-state index >= 15 is 0 Å². The van der Waals surface area contributed by atoms with Crippen LogP contribution in [0.15, 0.2) is 42.5 Å². The molecule has 2 aromatic rings. The van der Waals surface area contributed by atoms with Crippen molar-refractivity contribution in [3.63, 3.8) is 0 Å². The molecule has 0 spiro atoms. The summed E-state index contributed by atoms with van der Waals surface area (Å²) in [7, 11) is 0. The van der Waals surface area contributed by atoms with Gasteiger partial charge in [0.25, 0.3) is 0 Å². The maximum absolute atomic E-state index is 12.9. The van der Waals surface area contributed by atoms with Gasteiger partial charge in [-0.15, -0.1) is 0 Å². The predicted molar refractivity (Wildman–Crippen MR) is 63.1 cm³/mol. The van der Waals surface area contributed by atoms with Crippen LogP contribution in [0.1, 0.15) is 11.1 Å². The van der Waals surface area contributed by atoms with Crippen molar-refractivity contribution in [3.8, 4) is 5.75 Å². The summed E-state index contributed by atoms with van der Waals surface area (Å²) in [6.45, 7) is -0.00461. The largest absolute Gasteiger partial charge is 0.489 e. The Morgan fingerprint density at radius 3 is 2.33 bits per heavy atom. The Morgan fingerprint density at radius 2 is 1.67 bits per heavy atom. The van der Waals surface area contributed by atoms with E-state index in [0.717, 1.165) is 11.6 Å². The number of aliphatic hydroxyl groups excluding tert-OH is 1. The highest BCUT2D eigenvalue weighted by atomic mass is 19.1. The molecule has 0 aliphatic carbocycles. The molecule has 4 heteroatoms. The van der Waals surface area contributed by atoms with Gasteiger partial charge in [-0.3, -0.25) is 0 Å². The SMILES string of the molecule is OCc1cccc(OCc2cc(F)cc(F)c2)c1. The number of ether oxygens (including phenoxy) is 1. The van der Waals surface area contributed by atoms with Gasteiger partial charge in [-0.1, -0.05) is 12.1 Å². The summed E-state index contributed by atoms with van der Waals surface area (Å²) < 4.78 is 31.3. The van der Waals surface area contributed by atoms with Gasteiger partial charge in [-0.2, -0.15) is 0 Å². The van der Waals surface area contributed by atoms with Crippen LogP contribution >= 0.6 is 0 Å². The Balaban J connectivity index is 2.06.